The van der Waals surface area contributed by atoms with Gasteiger partial charge in [-0.2, -0.15) is 0 Å². The van der Waals surface area contributed by atoms with E-state index in [1.54, 1.807) is 55.0 Å². The van der Waals surface area contributed by atoms with Crippen LogP contribution >= 0.6 is 0 Å². The predicted octanol–water partition coefficient (Wildman–Crippen LogP) is 5.44. The molecule has 0 aliphatic rings. The summed E-state index contributed by atoms with van der Waals surface area (Å²) in [4.78, 5) is 12.1. The molecule has 6 aromatic rings. The summed E-state index contributed by atoms with van der Waals surface area (Å²) in [6.45, 7) is 0. The Labute approximate surface area is 213 Å². The smallest absolute Gasteiger partial charge is 0.141 e. The van der Waals surface area contributed by atoms with E-state index in [1.807, 2.05) is 54.6 Å². The van der Waals surface area contributed by atoms with Crippen LogP contribution in [0.5, 0.6) is 17.2 Å². The van der Waals surface area contributed by atoms with Gasteiger partial charge in [0.25, 0.3) is 0 Å². The number of nitrogens with zero attached hydrogens (tertiary/aromatic N) is 3. The number of hydrogen-bond donors (Lipinski definition) is 3. The van der Waals surface area contributed by atoms with E-state index in [9.17, 15) is 15.3 Å². The third-order valence-corrected chi connectivity index (χ3v) is 4.83. The zero-order valence-electron chi connectivity index (χ0n) is 18.0. The molecule has 3 N–H and O–H groups in total. The summed E-state index contributed by atoms with van der Waals surface area (Å²) < 4.78 is 0. The number of fused-ring (bicyclic) bond motifs is 3. The first kappa shape index (κ1) is 24.7. The summed E-state index contributed by atoms with van der Waals surface area (Å²) in [5.74, 6) is 0.717. The molecular formula is C27H21N3O3Sb. The summed E-state index contributed by atoms with van der Waals surface area (Å²) in [5.41, 5.74) is 1.99. The molecule has 0 unspecified atom stereocenters. The van der Waals surface area contributed by atoms with Crippen LogP contribution in [0.15, 0.2) is 110 Å². The Morgan fingerprint density at radius 1 is 0.382 bits per heavy atom. The quantitative estimate of drug-likeness (QED) is 0.215. The Hall–Kier alpha value is -3.89. The molecule has 0 atom stereocenters. The number of rotatable bonds is 0. The number of phenolic OH excluding ortho intramolecular Hbond substituents is 3. The normalized spacial score (nSPS) is 9.88. The minimum Gasteiger partial charge on any atom is -0.506 e. The zero-order valence-corrected chi connectivity index (χ0v) is 20.6. The van der Waals surface area contributed by atoms with E-state index >= 15 is 0 Å². The number of benzene rings is 3. The third kappa shape index (κ3) is 5.91. The maximum atomic E-state index is 9.31. The van der Waals surface area contributed by atoms with Gasteiger partial charge in [-0.05, 0) is 36.4 Å². The Balaban J connectivity index is 0.000000141. The molecular weight excluding hydrogens is 536 g/mol. The molecule has 0 fully saturated rings. The van der Waals surface area contributed by atoms with E-state index in [2.05, 4.69) is 15.0 Å². The van der Waals surface area contributed by atoms with E-state index in [4.69, 9.17) is 0 Å². The molecule has 0 saturated carbocycles. The fourth-order valence-corrected chi connectivity index (χ4v) is 3.26. The van der Waals surface area contributed by atoms with Gasteiger partial charge in [-0.1, -0.05) is 54.6 Å². The summed E-state index contributed by atoms with van der Waals surface area (Å²) in [6, 6.07) is 27.4. The van der Waals surface area contributed by atoms with Crippen molar-refractivity contribution in [3.05, 3.63) is 110 Å². The molecule has 0 spiro atoms. The van der Waals surface area contributed by atoms with Crippen molar-refractivity contribution in [2.45, 2.75) is 0 Å². The van der Waals surface area contributed by atoms with Crippen molar-refractivity contribution < 1.29 is 15.3 Å². The minimum absolute atomic E-state index is 0. The van der Waals surface area contributed by atoms with Crippen LogP contribution in [0.4, 0.5) is 0 Å². The van der Waals surface area contributed by atoms with Crippen molar-refractivity contribution >= 4 is 57.1 Å². The first-order chi connectivity index (χ1) is 16.1. The predicted molar refractivity (Wildman–Crippen MR) is 136 cm³/mol. The van der Waals surface area contributed by atoms with Gasteiger partial charge in [0.15, 0.2) is 0 Å². The van der Waals surface area contributed by atoms with E-state index in [1.165, 1.54) is 0 Å². The molecule has 6 rings (SSSR count). The maximum Gasteiger partial charge on any atom is 0.141 e. The number of pyridine rings is 3. The second-order valence-electron chi connectivity index (χ2n) is 7.06. The average Bonchev–Trinajstić information content (AvgIpc) is 2.86. The Morgan fingerprint density at radius 2 is 0.647 bits per heavy atom. The largest absolute Gasteiger partial charge is 0.506 e. The van der Waals surface area contributed by atoms with Crippen LogP contribution in [-0.4, -0.2) is 54.7 Å². The van der Waals surface area contributed by atoms with Crippen LogP contribution in [-0.2, 0) is 0 Å². The second kappa shape index (κ2) is 11.8. The number of para-hydroxylation sites is 3. The van der Waals surface area contributed by atoms with Gasteiger partial charge in [0.1, 0.15) is 33.8 Å². The fraction of sp³-hybridized carbons (Fsp3) is 0. The number of hydrogen-bond acceptors (Lipinski definition) is 6. The molecule has 0 aliphatic carbocycles. The van der Waals surface area contributed by atoms with Crippen molar-refractivity contribution in [2.75, 3.05) is 0 Å². The van der Waals surface area contributed by atoms with Gasteiger partial charge in [0.2, 0.25) is 0 Å². The van der Waals surface area contributed by atoms with Gasteiger partial charge < -0.3 is 15.3 Å². The maximum absolute atomic E-state index is 9.31. The van der Waals surface area contributed by atoms with Crippen molar-refractivity contribution in [3.63, 3.8) is 0 Å². The summed E-state index contributed by atoms with van der Waals surface area (Å²) in [7, 11) is 0. The molecule has 34 heavy (non-hydrogen) atoms. The topological polar surface area (TPSA) is 99.4 Å². The van der Waals surface area contributed by atoms with Crippen molar-refractivity contribution in [1.29, 1.82) is 0 Å². The van der Waals surface area contributed by atoms with Crippen LogP contribution in [0, 0.1) is 0 Å². The van der Waals surface area contributed by atoms with Crippen LogP contribution in [0.2, 0.25) is 0 Å². The standard InChI is InChI=1S/3C9H7NO.Sb/c3*11-8-5-1-3-7-4-2-6-10-9(7)8;/h3*1-6,11H;. The van der Waals surface area contributed by atoms with Gasteiger partial charge in [0.05, 0.1) is 0 Å². The van der Waals surface area contributed by atoms with Crippen molar-refractivity contribution in [1.82, 2.24) is 15.0 Å². The van der Waals surface area contributed by atoms with Crippen LogP contribution in [0.1, 0.15) is 0 Å². The Kier molecular flexibility index (Phi) is 8.60. The number of phenols is 3. The van der Waals surface area contributed by atoms with Crippen molar-refractivity contribution in [3.8, 4) is 17.2 Å². The first-order valence-electron chi connectivity index (χ1n) is 10.2. The Morgan fingerprint density at radius 3 is 0.912 bits per heavy atom. The second-order valence-corrected chi connectivity index (χ2v) is 7.06. The minimum atomic E-state index is 0. The Bertz CT molecular complexity index is 1330. The van der Waals surface area contributed by atoms with E-state index in [-0.39, 0.29) is 41.7 Å². The third-order valence-electron chi connectivity index (χ3n) is 4.83. The van der Waals surface area contributed by atoms with Crippen LogP contribution in [0.25, 0.3) is 32.7 Å². The molecule has 0 bridgehead atoms. The van der Waals surface area contributed by atoms with Gasteiger partial charge in [-0.25, -0.2) is 0 Å². The molecule has 6 nitrogen and oxygen atoms in total. The molecule has 0 aliphatic heterocycles. The number of aromatic nitrogens is 3. The van der Waals surface area contributed by atoms with Crippen LogP contribution < -0.4 is 0 Å². The summed E-state index contributed by atoms with van der Waals surface area (Å²) >= 11 is 0. The van der Waals surface area contributed by atoms with Gasteiger partial charge in [-0.15, -0.1) is 0 Å². The SMILES string of the molecule is Oc1cccc2cccnc12.Oc1cccc2cccnc12.Oc1cccc2cccnc12.[Sb]. The molecule has 3 aromatic heterocycles. The molecule has 3 radical (unpaired) electrons. The van der Waals surface area contributed by atoms with Crippen LogP contribution in [0.3, 0.4) is 0 Å². The van der Waals surface area contributed by atoms with E-state index in [0.717, 1.165) is 16.2 Å². The van der Waals surface area contributed by atoms with Gasteiger partial charge in [0, 0.05) is 59.2 Å². The molecule has 0 saturated heterocycles. The first-order valence-corrected chi connectivity index (χ1v) is 10.2. The molecule has 3 aromatic carbocycles. The van der Waals surface area contributed by atoms with Gasteiger partial charge >= 0.3 is 0 Å². The molecule has 3 heterocycles. The van der Waals surface area contributed by atoms with E-state index < -0.39 is 0 Å². The summed E-state index contributed by atoms with van der Waals surface area (Å²) in [5, 5.41) is 30.8. The molecule has 0 amide bonds. The molecule has 7 heteroatoms. The monoisotopic (exact) mass is 556 g/mol. The van der Waals surface area contributed by atoms with Gasteiger partial charge in [-0.3, -0.25) is 15.0 Å². The molecule has 167 valence electrons. The zero-order chi connectivity index (χ0) is 23.0. The van der Waals surface area contributed by atoms with E-state index in [0.29, 0.717) is 16.6 Å². The average molecular weight is 557 g/mol. The summed E-state index contributed by atoms with van der Waals surface area (Å²) in [6.07, 6.45) is 5.01. The number of aromatic hydroxyl groups is 3. The fourth-order valence-electron chi connectivity index (χ4n) is 3.26. The van der Waals surface area contributed by atoms with Crippen molar-refractivity contribution in [2.24, 2.45) is 0 Å².